The predicted molar refractivity (Wildman–Crippen MR) is 61.0 cm³/mol. The molecule has 0 radical (unpaired) electrons. The number of hydrogen-bond acceptors (Lipinski definition) is 4. The third-order valence-corrected chi connectivity index (χ3v) is 2.09. The fraction of sp³-hybridized carbons (Fsp3) is 0.636. The van der Waals surface area contributed by atoms with Crippen LogP contribution in [0.2, 0.25) is 0 Å². The predicted octanol–water partition coefficient (Wildman–Crippen LogP) is 2.01. The molecule has 84 valence electrons. The van der Waals surface area contributed by atoms with Gasteiger partial charge in [-0.1, -0.05) is 13.8 Å². The monoisotopic (exact) mass is 209 g/mol. The summed E-state index contributed by atoms with van der Waals surface area (Å²) < 4.78 is 5.25. The van der Waals surface area contributed by atoms with E-state index in [0.717, 1.165) is 31.1 Å². The van der Waals surface area contributed by atoms with Crippen LogP contribution in [0.5, 0.6) is 0 Å². The first-order chi connectivity index (χ1) is 7.34. The molecule has 0 aromatic carbocycles. The molecule has 1 unspecified atom stereocenters. The summed E-state index contributed by atoms with van der Waals surface area (Å²) in [5, 5.41) is 3.31. The molecule has 4 heteroatoms. The van der Waals surface area contributed by atoms with Gasteiger partial charge in [-0.15, -0.1) is 0 Å². The highest BCUT2D eigenvalue weighted by Crippen LogP contribution is 2.11. The van der Waals surface area contributed by atoms with Crippen LogP contribution in [0.3, 0.4) is 0 Å². The van der Waals surface area contributed by atoms with Crippen molar-refractivity contribution >= 4 is 5.82 Å². The van der Waals surface area contributed by atoms with Crippen LogP contribution < -0.4 is 5.32 Å². The Hall–Kier alpha value is -1.16. The maximum Gasteiger partial charge on any atom is 0.129 e. The van der Waals surface area contributed by atoms with E-state index in [1.807, 2.05) is 26.8 Å². The Morgan fingerprint density at radius 3 is 2.80 bits per heavy atom. The molecule has 2 rings (SSSR count). The Bertz CT molecular complexity index is 285. The van der Waals surface area contributed by atoms with Crippen molar-refractivity contribution in [1.82, 2.24) is 9.97 Å². The van der Waals surface area contributed by atoms with Crippen LogP contribution in [-0.4, -0.2) is 29.2 Å². The number of aromatic nitrogens is 2. The Kier molecular flexibility index (Phi) is 5.04. The zero-order valence-corrected chi connectivity index (χ0v) is 9.66. The van der Waals surface area contributed by atoms with Crippen molar-refractivity contribution < 1.29 is 4.74 Å². The van der Waals surface area contributed by atoms with Gasteiger partial charge in [-0.05, 0) is 13.3 Å². The molecule has 1 N–H and O–H groups in total. The van der Waals surface area contributed by atoms with E-state index in [-0.39, 0.29) is 0 Å². The van der Waals surface area contributed by atoms with Gasteiger partial charge in [0, 0.05) is 18.4 Å². The zero-order valence-electron chi connectivity index (χ0n) is 9.66. The van der Waals surface area contributed by atoms with Crippen molar-refractivity contribution in [1.29, 1.82) is 0 Å². The molecule has 1 aliphatic rings. The van der Waals surface area contributed by atoms with Gasteiger partial charge in [0.1, 0.15) is 12.1 Å². The highest BCUT2D eigenvalue weighted by Gasteiger charge is 2.15. The highest BCUT2D eigenvalue weighted by molar-refractivity contribution is 5.35. The van der Waals surface area contributed by atoms with Crippen LogP contribution in [0.4, 0.5) is 5.82 Å². The topological polar surface area (TPSA) is 47.0 Å². The molecule has 15 heavy (non-hydrogen) atoms. The highest BCUT2D eigenvalue weighted by atomic mass is 16.5. The van der Waals surface area contributed by atoms with Gasteiger partial charge in [0.15, 0.2) is 0 Å². The summed E-state index contributed by atoms with van der Waals surface area (Å²) in [7, 11) is 0. The number of nitrogens with zero attached hydrogens (tertiary/aromatic N) is 2. The zero-order chi connectivity index (χ0) is 11.1. The molecule has 0 bridgehead atoms. The SMILES string of the molecule is CC.Cc1cc(NC2CCOC2)ncn1. The maximum atomic E-state index is 5.25. The number of ether oxygens (including phenoxy) is 1. The quantitative estimate of drug-likeness (QED) is 0.809. The van der Waals surface area contributed by atoms with Gasteiger partial charge < -0.3 is 10.1 Å². The lowest BCUT2D eigenvalue weighted by Crippen LogP contribution is -2.19. The maximum absolute atomic E-state index is 5.25. The van der Waals surface area contributed by atoms with Crippen molar-refractivity contribution in [2.45, 2.75) is 33.2 Å². The van der Waals surface area contributed by atoms with Crippen LogP contribution in [-0.2, 0) is 4.74 Å². The fourth-order valence-electron chi connectivity index (χ4n) is 1.39. The van der Waals surface area contributed by atoms with E-state index >= 15 is 0 Å². The molecule has 1 saturated heterocycles. The molecule has 0 saturated carbocycles. The molecule has 0 spiro atoms. The Labute approximate surface area is 91.1 Å². The molecule has 1 aromatic heterocycles. The van der Waals surface area contributed by atoms with Crippen LogP contribution in [0.25, 0.3) is 0 Å². The minimum atomic E-state index is 0.411. The molecule has 0 aliphatic carbocycles. The van der Waals surface area contributed by atoms with Crippen molar-refractivity contribution in [2.24, 2.45) is 0 Å². The van der Waals surface area contributed by atoms with Gasteiger partial charge in [0.05, 0.1) is 12.6 Å². The van der Waals surface area contributed by atoms with E-state index < -0.39 is 0 Å². The van der Waals surface area contributed by atoms with Gasteiger partial charge >= 0.3 is 0 Å². The van der Waals surface area contributed by atoms with Crippen LogP contribution in [0.1, 0.15) is 26.0 Å². The summed E-state index contributed by atoms with van der Waals surface area (Å²) in [6.07, 6.45) is 2.64. The number of aryl methyl sites for hydroxylation is 1. The third-order valence-electron chi connectivity index (χ3n) is 2.09. The van der Waals surface area contributed by atoms with Gasteiger partial charge in [0.2, 0.25) is 0 Å². The normalized spacial score (nSPS) is 19.3. The van der Waals surface area contributed by atoms with Gasteiger partial charge in [-0.25, -0.2) is 9.97 Å². The van der Waals surface area contributed by atoms with E-state index in [4.69, 9.17) is 4.74 Å². The minimum absolute atomic E-state index is 0.411. The van der Waals surface area contributed by atoms with Crippen LogP contribution in [0.15, 0.2) is 12.4 Å². The van der Waals surface area contributed by atoms with E-state index in [2.05, 4.69) is 15.3 Å². The second-order valence-electron chi connectivity index (χ2n) is 3.25. The number of anilines is 1. The lowest BCUT2D eigenvalue weighted by Gasteiger charge is -2.10. The molecule has 2 heterocycles. The summed E-state index contributed by atoms with van der Waals surface area (Å²) in [6, 6.07) is 2.35. The number of nitrogens with one attached hydrogen (secondary N) is 1. The Morgan fingerprint density at radius 1 is 1.40 bits per heavy atom. The second-order valence-corrected chi connectivity index (χ2v) is 3.25. The van der Waals surface area contributed by atoms with Crippen molar-refractivity contribution in [3.8, 4) is 0 Å². The molecule has 1 aliphatic heterocycles. The molecule has 4 nitrogen and oxygen atoms in total. The van der Waals surface area contributed by atoms with Gasteiger partial charge in [0.25, 0.3) is 0 Å². The number of hydrogen-bond donors (Lipinski definition) is 1. The lowest BCUT2D eigenvalue weighted by atomic mass is 10.2. The van der Waals surface area contributed by atoms with Crippen molar-refractivity contribution in [3.63, 3.8) is 0 Å². The Morgan fingerprint density at radius 2 is 2.20 bits per heavy atom. The first-order valence-corrected chi connectivity index (χ1v) is 5.47. The molecule has 0 amide bonds. The van der Waals surface area contributed by atoms with E-state index in [0.29, 0.717) is 6.04 Å². The van der Waals surface area contributed by atoms with Crippen molar-refractivity contribution in [2.75, 3.05) is 18.5 Å². The van der Waals surface area contributed by atoms with E-state index in [1.165, 1.54) is 0 Å². The summed E-state index contributed by atoms with van der Waals surface area (Å²) in [4.78, 5) is 8.16. The Balaban J connectivity index is 0.000000531. The average molecular weight is 209 g/mol. The molecular formula is C11H19N3O. The van der Waals surface area contributed by atoms with Crippen LogP contribution in [0, 0.1) is 6.92 Å². The summed E-state index contributed by atoms with van der Waals surface area (Å²) >= 11 is 0. The average Bonchev–Trinajstić information content (AvgIpc) is 2.74. The first kappa shape index (κ1) is 11.9. The van der Waals surface area contributed by atoms with Gasteiger partial charge in [-0.2, -0.15) is 0 Å². The largest absolute Gasteiger partial charge is 0.379 e. The van der Waals surface area contributed by atoms with E-state index in [9.17, 15) is 0 Å². The third kappa shape index (κ3) is 3.83. The minimum Gasteiger partial charge on any atom is -0.379 e. The summed E-state index contributed by atoms with van der Waals surface area (Å²) in [5.74, 6) is 0.892. The smallest absolute Gasteiger partial charge is 0.129 e. The standard InChI is InChI=1S/C9H13N3O.C2H6/c1-7-4-9(11-6-10-7)12-8-2-3-13-5-8;1-2/h4,6,8H,2-3,5H2,1H3,(H,10,11,12);1-2H3. The first-order valence-electron chi connectivity index (χ1n) is 5.47. The molecule has 1 aromatic rings. The summed E-state index contributed by atoms with van der Waals surface area (Å²) in [5.41, 5.74) is 0.983. The van der Waals surface area contributed by atoms with Gasteiger partial charge in [-0.3, -0.25) is 0 Å². The van der Waals surface area contributed by atoms with E-state index in [1.54, 1.807) is 6.33 Å². The number of rotatable bonds is 2. The summed E-state index contributed by atoms with van der Waals surface area (Å²) in [6.45, 7) is 7.59. The second kappa shape index (κ2) is 6.35. The molecule has 1 atom stereocenters. The molecular weight excluding hydrogens is 190 g/mol. The lowest BCUT2D eigenvalue weighted by molar-refractivity contribution is 0.195. The molecule has 1 fully saturated rings. The van der Waals surface area contributed by atoms with Crippen molar-refractivity contribution in [3.05, 3.63) is 18.1 Å². The fourth-order valence-corrected chi connectivity index (χ4v) is 1.39. The van der Waals surface area contributed by atoms with Crippen LogP contribution >= 0.6 is 0 Å².